The first-order valence-corrected chi connectivity index (χ1v) is 12.7. The fraction of sp³-hybridized carbons (Fsp3) is 0.667. The van der Waals surface area contributed by atoms with Crippen molar-refractivity contribution < 1.29 is 14.3 Å². The van der Waals surface area contributed by atoms with Gasteiger partial charge in [0.25, 0.3) is 0 Å². The number of nitrogens with zero attached hydrogens (tertiary/aromatic N) is 1. The minimum absolute atomic E-state index is 0.418. The summed E-state index contributed by atoms with van der Waals surface area (Å²) >= 11 is 0. The summed E-state index contributed by atoms with van der Waals surface area (Å²) in [5.74, 6) is 2.31. The Morgan fingerprint density at radius 1 is 1.15 bits per heavy atom. The zero-order valence-corrected chi connectivity index (χ0v) is 21.4. The molecule has 1 saturated carbocycles. The lowest BCUT2D eigenvalue weighted by molar-refractivity contribution is 0.0659. The molecule has 1 aliphatic heterocycles. The van der Waals surface area contributed by atoms with Crippen molar-refractivity contribution in [1.82, 2.24) is 10.2 Å². The van der Waals surface area contributed by atoms with Gasteiger partial charge in [-0.05, 0) is 69.3 Å². The number of rotatable bonds is 8. The standard InChI is InChI=1S/C13H18O.C12H23N3O2.C2H6/c1-14-13-9-7-12(8-10-13)11-5-3-2-4-6-11;1-3-14-10(2)15-7-4-5-11(9-15)6-8-17-12(13)16;1-2/h2-6,12-13H,7-10H2,1H3;11,14H,2-9H2,1H3,(H2,13,16);1-2H3. The largest absolute Gasteiger partial charge is 0.450 e. The lowest BCUT2D eigenvalue weighted by Gasteiger charge is -2.35. The first-order chi connectivity index (χ1) is 16.0. The van der Waals surface area contributed by atoms with E-state index in [0.717, 1.165) is 44.2 Å². The van der Waals surface area contributed by atoms with Crippen molar-refractivity contribution in [2.24, 2.45) is 11.7 Å². The van der Waals surface area contributed by atoms with E-state index in [1.54, 1.807) is 0 Å². The second-order valence-electron chi connectivity index (χ2n) is 8.51. The van der Waals surface area contributed by atoms with Gasteiger partial charge in [0.1, 0.15) is 0 Å². The Hall–Kier alpha value is -2.21. The molecule has 1 amide bonds. The highest BCUT2D eigenvalue weighted by Gasteiger charge is 2.22. The van der Waals surface area contributed by atoms with Crippen molar-refractivity contribution in [2.75, 3.05) is 33.4 Å². The maximum Gasteiger partial charge on any atom is 0.404 e. The lowest BCUT2D eigenvalue weighted by atomic mass is 9.83. The highest BCUT2D eigenvalue weighted by molar-refractivity contribution is 5.64. The Morgan fingerprint density at radius 3 is 2.39 bits per heavy atom. The van der Waals surface area contributed by atoms with Crippen LogP contribution in [0.3, 0.4) is 0 Å². The van der Waals surface area contributed by atoms with Crippen LogP contribution in [0.5, 0.6) is 0 Å². The average Bonchev–Trinajstić information content (AvgIpc) is 2.86. The number of ether oxygens (including phenoxy) is 2. The van der Waals surface area contributed by atoms with Gasteiger partial charge in [-0.25, -0.2) is 4.79 Å². The van der Waals surface area contributed by atoms with E-state index in [1.807, 2.05) is 21.0 Å². The third-order valence-electron chi connectivity index (χ3n) is 6.33. The van der Waals surface area contributed by atoms with Gasteiger partial charge >= 0.3 is 6.09 Å². The van der Waals surface area contributed by atoms with Crippen molar-refractivity contribution >= 4 is 6.09 Å². The number of carbonyl (C=O) groups is 1. The number of piperidine rings is 1. The third kappa shape index (κ3) is 11.5. The van der Waals surface area contributed by atoms with Gasteiger partial charge in [-0.2, -0.15) is 0 Å². The molecule has 33 heavy (non-hydrogen) atoms. The van der Waals surface area contributed by atoms with Crippen molar-refractivity contribution in [3.63, 3.8) is 0 Å². The summed E-state index contributed by atoms with van der Waals surface area (Å²) < 4.78 is 10.1. The molecule has 1 atom stereocenters. The molecular formula is C27H47N3O3. The van der Waals surface area contributed by atoms with Gasteiger partial charge in [0.2, 0.25) is 0 Å². The summed E-state index contributed by atoms with van der Waals surface area (Å²) in [7, 11) is 1.83. The molecule has 188 valence electrons. The van der Waals surface area contributed by atoms with Gasteiger partial charge in [0.05, 0.1) is 18.5 Å². The first-order valence-electron chi connectivity index (χ1n) is 12.7. The normalized spacial score (nSPS) is 22.1. The number of amides is 1. The predicted molar refractivity (Wildman–Crippen MR) is 137 cm³/mol. The van der Waals surface area contributed by atoms with Gasteiger partial charge in [-0.15, -0.1) is 0 Å². The minimum Gasteiger partial charge on any atom is -0.450 e. The number of carbonyl (C=O) groups excluding carboxylic acids is 1. The van der Waals surface area contributed by atoms with Gasteiger partial charge < -0.3 is 25.4 Å². The second kappa shape index (κ2) is 17.3. The van der Waals surface area contributed by atoms with Crippen LogP contribution in [0.4, 0.5) is 4.79 Å². The number of nitrogens with two attached hydrogens (primary N) is 1. The van der Waals surface area contributed by atoms with E-state index in [4.69, 9.17) is 15.2 Å². The van der Waals surface area contributed by atoms with Crippen molar-refractivity contribution in [1.29, 1.82) is 0 Å². The Balaban J connectivity index is 0.000000311. The number of hydrogen-bond donors (Lipinski definition) is 2. The molecule has 3 rings (SSSR count). The van der Waals surface area contributed by atoms with Gasteiger partial charge in [0.15, 0.2) is 0 Å². The van der Waals surface area contributed by atoms with E-state index in [0.29, 0.717) is 18.6 Å². The van der Waals surface area contributed by atoms with Gasteiger partial charge in [-0.3, -0.25) is 0 Å². The van der Waals surface area contributed by atoms with E-state index in [2.05, 4.69) is 54.1 Å². The summed E-state index contributed by atoms with van der Waals surface area (Å²) in [5, 5.41) is 3.24. The molecule has 1 aliphatic carbocycles. The molecule has 0 aromatic heterocycles. The monoisotopic (exact) mass is 461 g/mol. The molecule has 6 nitrogen and oxygen atoms in total. The minimum atomic E-state index is -0.685. The van der Waals surface area contributed by atoms with E-state index in [9.17, 15) is 4.79 Å². The number of likely N-dealkylation sites (tertiary alicyclic amines) is 1. The highest BCUT2D eigenvalue weighted by Crippen LogP contribution is 2.33. The summed E-state index contributed by atoms with van der Waals surface area (Å²) in [6.07, 6.45) is 8.03. The Labute approximate surface area is 201 Å². The Kier molecular flexibility index (Phi) is 15.1. The molecule has 0 bridgehead atoms. The van der Waals surface area contributed by atoms with Crippen LogP contribution in [-0.4, -0.2) is 50.4 Å². The van der Waals surface area contributed by atoms with E-state index >= 15 is 0 Å². The van der Waals surface area contributed by atoms with Crippen LogP contribution in [0.1, 0.15) is 77.2 Å². The van der Waals surface area contributed by atoms with Crippen LogP contribution in [0.2, 0.25) is 0 Å². The van der Waals surface area contributed by atoms with Gasteiger partial charge in [0, 0.05) is 26.7 Å². The third-order valence-corrected chi connectivity index (χ3v) is 6.33. The molecule has 3 N–H and O–H groups in total. The maximum atomic E-state index is 10.5. The molecule has 0 spiro atoms. The summed E-state index contributed by atoms with van der Waals surface area (Å²) in [4.78, 5) is 12.7. The second-order valence-corrected chi connectivity index (χ2v) is 8.51. The zero-order valence-electron chi connectivity index (χ0n) is 21.4. The van der Waals surface area contributed by atoms with Crippen LogP contribution in [0.25, 0.3) is 0 Å². The molecule has 1 heterocycles. The molecule has 1 aromatic carbocycles. The summed E-state index contributed by atoms with van der Waals surface area (Å²) in [6.45, 7) is 13.4. The van der Waals surface area contributed by atoms with Crippen LogP contribution in [0, 0.1) is 5.92 Å². The number of hydrogen-bond acceptors (Lipinski definition) is 5. The fourth-order valence-electron chi connectivity index (χ4n) is 4.54. The zero-order chi connectivity index (χ0) is 24.5. The van der Waals surface area contributed by atoms with Crippen molar-refractivity contribution in [2.45, 2.75) is 77.7 Å². The number of benzene rings is 1. The average molecular weight is 462 g/mol. The molecule has 0 radical (unpaired) electrons. The van der Waals surface area contributed by atoms with Crippen LogP contribution in [0.15, 0.2) is 42.7 Å². The van der Waals surface area contributed by atoms with E-state index in [-0.39, 0.29) is 0 Å². The van der Waals surface area contributed by atoms with Crippen LogP contribution < -0.4 is 11.1 Å². The van der Waals surface area contributed by atoms with E-state index in [1.165, 1.54) is 37.7 Å². The number of methoxy groups -OCH3 is 1. The molecular weight excluding hydrogens is 414 g/mol. The lowest BCUT2D eigenvalue weighted by Crippen LogP contribution is -2.39. The molecule has 1 aromatic rings. The molecule has 6 heteroatoms. The van der Waals surface area contributed by atoms with Crippen LogP contribution in [-0.2, 0) is 9.47 Å². The number of nitrogens with one attached hydrogen (secondary N) is 1. The Bertz CT molecular complexity index is 645. The Morgan fingerprint density at radius 2 is 1.82 bits per heavy atom. The SMILES string of the molecule is C=C(NCC)N1CCCC(CCOC(N)=O)C1.CC.COC1CCC(c2ccccc2)CC1. The fourth-order valence-corrected chi connectivity index (χ4v) is 4.54. The topological polar surface area (TPSA) is 76.8 Å². The predicted octanol–water partition coefficient (Wildman–Crippen LogP) is 5.65. The van der Waals surface area contributed by atoms with Crippen molar-refractivity contribution in [3.8, 4) is 0 Å². The molecule has 2 fully saturated rings. The maximum absolute atomic E-state index is 10.5. The summed E-state index contributed by atoms with van der Waals surface area (Å²) in [5.41, 5.74) is 6.43. The molecule has 1 saturated heterocycles. The first kappa shape index (κ1) is 28.8. The van der Waals surface area contributed by atoms with Gasteiger partial charge in [-0.1, -0.05) is 50.8 Å². The number of primary amides is 1. The smallest absolute Gasteiger partial charge is 0.404 e. The summed E-state index contributed by atoms with van der Waals surface area (Å²) in [6, 6.07) is 10.9. The highest BCUT2D eigenvalue weighted by atomic mass is 16.5. The van der Waals surface area contributed by atoms with Crippen LogP contribution >= 0.6 is 0 Å². The van der Waals surface area contributed by atoms with Crippen molar-refractivity contribution in [3.05, 3.63) is 48.3 Å². The molecule has 1 unspecified atom stereocenters. The quantitative estimate of drug-likeness (QED) is 0.523. The molecule has 2 aliphatic rings. The van der Waals surface area contributed by atoms with E-state index < -0.39 is 6.09 Å².